The smallest absolute Gasteiger partial charge is 0.0237 e. The molecule has 0 aliphatic rings. The lowest BCUT2D eigenvalue weighted by Gasteiger charge is -2.09. The molecule has 0 fully saturated rings. The number of benzene rings is 2. The van der Waals surface area contributed by atoms with Crippen molar-refractivity contribution in [1.29, 1.82) is 0 Å². The second kappa shape index (κ2) is 6.07. The highest BCUT2D eigenvalue weighted by Crippen LogP contribution is 2.26. The van der Waals surface area contributed by atoms with Crippen LogP contribution in [0.2, 0.25) is 0 Å². The lowest BCUT2D eigenvalue weighted by atomic mass is 10.1. The van der Waals surface area contributed by atoms with Crippen LogP contribution < -0.4 is 5.73 Å². The molecule has 0 bridgehead atoms. The van der Waals surface area contributed by atoms with E-state index >= 15 is 0 Å². The Morgan fingerprint density at radius 3 is 2.33 bits per heavy atom. The topological polar surface area (TPSA) is 26.0 Å². The van der Waals surface area contributed by atoms with E-state index in [0.29, 0.717) is 6.54 Å². The van der Waals surface area contributed by atoms with E-state index in [1.165, 1.54) is 27.1 Å². The molecule has 0 atom stereocenters. The number of hydrogen-bond acceptors (Lipinski definition) is 2. The van der Waals surface area contributed by atoms with Gasteiger partial charge in [0.15, 0.2) is 0 Å². The Labute approximate surface area is 113 Å². The normalized spacial score (nSPS) is 10.6. The van der Waals surface area contributed by atoms with Crippen molar-refractivity contribution in [3.05, 3.63) is 64.7 Å². The first-order chi connectivity index (χ1) is 8.70. The Morgan fingerprint density at radius 2 is 1.67 bits per heavy atom. The van der Waals surface area contributed by atoms with Crippen molar-refractivity contribution in [3.63, 3.8) is 0 Å². The van der Waals surface area contributed by atoms with E-state index in [1.54, 1.807) is 0 Å². The molecule has 2 aromatic carbocycles. The third-order valence-corrected chi connectivity index (χ3v) is 4.18. The maximum Gasteiger partial charge on any atom is 0.0237 e. The Kier molecular flexibility index (Phi) is 4.45. The maximum atomic E-state index is 5.66. The number of hydrogen-bond donors (Lipinski definition) is 1. The average Bonchev–Trinajstić information content (AvgIpc) is 2.38. The van der Waals surface area contributed by atoms with Gasteiger partial charge in [-0.05, 0) is 48.2 Å². The van der Waals surface area contributed by atoms with Gasteiger partial charge in [-0.3, -0.25) is 0 Å². The molecule has 1 nitrogen and oxygen atoms in total. The highest BCUT2D eigenvalue weighted by molar-refractivity contribution is 7.98. The molecule has 0 amide bonds. The van der Waals surface area contributed by atoms with Gasteiger partial charge in [-0.15, -0.1) is 11.8 Å². The first-order valence-electron chi connectivity index (χ1n) is 6.17. The third-order valence-electron chi connectivity index (χ3n) is 3.16. The van der Waals surface area contributed by atoms with Gasteiger partial charge in [0.25, 0.3) is 0 Å². The van der Waals surface area contributed by atoms with Crippen LogP contribution in [0.15, 0.2) is 47.4 Å². The van der Waals surface area contributed by atoms with Gasteiger partial charge in [-0.2, -0.15) is 0 Å². The molecule has 0 heterocycles. The van der Waals surface area contributed by atoms with Gasteiger partial charge in [0, 0.05) is 17.2 Å². The number of nitrogens with two attached hydrogens (primary N) is 1. The van der Waals surface area contributed by atoms with Crippen LogP contribution in [0.1, 0.15) is 22.3 Å². The molecule has 18 heavy (non-hydrogen) atoms. The van der Waals surface area contributed by atoms with Gasteiger partial charge in [-0.25, -0.2) is 0 Å². The number of aryl methyl sites for hydroxylation is 2. The molecule has 0 saturated heterocycles. The molecule has 0 spiro atoms. The highest BCUT2D eigenvalue weighted by atomic mass is 32.2. The van der Waals surface area contributed by atoms with Gasteiger partial charge >= 0.3 is 0 Å². The second-order valence-electron chi connectivity index (χ2n) is 4.51. The summed E-state index contributed by atoms with van der Waals surface area (Å²) < 4.78 is 0. The fourth-order valence-electron chi connectivity index (χ4n) is 1.99. The van der Waals surface area contributed by atoms with Crippen molar-refractivity contribution in [1.82, 2.24) is 0 Å². The van der Waals surface area contributed by atoms with E-state index in [0.717, 1.165) is 5.75 Å². The summed E-state index contributed by atoms with van der Waals surface area (Å²) in [6, 6.07) is 15.0. The second-order valence-corrected chi connectivity index (χ2v) is 5.56. The van der Waals surface area contributed by atoms with Crippen LogP contribution in [-0.4, -0.2) is 0 Å². The molecule has 0 aliphatic carbocycles. The van der Waals surface area contributed by atoms with E-state index in [4.69, 9.17) is 5.73 Å². The molecule has 94 valence electrons. The van der Waals surface area contributed by atoms with Crippen LogP contribution in [0.3, 0.4) is 0 Å². The van der Waals surface area contributed by atoms with E-state index in [-0.39, 0.29) is 0 Å². The molecule has 2 rings (SSSR count). The molecule has 0 unspecified atom stereocenters. The summed E-state index contributed by atoms with van der Waals surface area (Å²) in [7, 11) is 0. The highest BCUT2D eigenvalue weighted by Gasteiger charge is 2.03. The Morgan fingerprint density at radius 1 is 1.00 bits per heavy atom. The van der Waals surface area contributed by atoms with Crippen molar-refractivity contribution < 1.29 is 0 Å². The van der Waals surface area contributed by atoms with Gasteiger partial charge < -0.3 is 5.73 Å². The molecular weight excluding hydrogens is 238 g/mol. The summed E-state index contributed by atoms with van der Waals surface area (Å²) in [4.78, 5) is 1.29. The fourth-order valence-corrected chi connectivity index (χ4v) is 3.17. The predicted molar refractivity (Wildman–Crippen MR) is 79.8 cm³/mol. The van der Waals surface area contributed by atoms with E-state index < -0.39 is 0 Å². The quantitative estimate of drug-likeness (QED) is 0.836. The van der Waals surface area contributed by atoms with Crippen molar-refractivity contribution in [3.8, 4) is 0 Å². The van der Waals surface area contributed by atoms with Crippen LogP contribution in [0, 0.1) is 13.8 Å². The lowest BCUT2D eigenvalue weighted by molar-refractivity contribution is 1.06. The average molecular weight is 257 g/mol. The molecule has 0 radical (unpaired) electrons. The Balaban J connectivity index is 2.11. The summed E-state index contributed by atoms with van der Waals surface area (Å²) in [5, 5.41) is 0. The number of thioether (sulfide) groups is 1. The SMILES string of the molecule is Cc1cccc(C)c1CSc1cccc(CN)c1. The van der Waals surface area contributed by atoms with Crippen molar-refractivity contribution >= 4 is 11.8 Å². The zero-order valence-corrected chi connectivity index (χ0v) is 11.8. The van der Waals surface area contributed by atoms with Gasteiger partial charge in [0.05, 0.1) is 0 Å². The summed E-state index contributed by atoms with van der Waals surface area (Å²) >= 11 is 1.88. The molecule has 0 aliphatic heterocycles. The lowest BCUT2D eigenvalue weighted by Crippen LogP contribution is -1.95. The van der Waals surface area contributed by atoms with Crippen molar-refractivity contribution in [2.24, 2.45) is 5.73 Å². The zero-order chi connectivity index (χ0) is 13.0. The van der Waals surface area contributed by atoms with E-state index in [2.05, 4.69) is 56.3 Å². The predicted octanol–water partition coefficient (Wildman–Crippen LogP) is 4.05. The van der Waals surface area contributed by atoms with Gasteiger partial charge in [0.2, 0.25) is 0 Å². The first kappa shape index (κ1) is 13.2. The molecule has 2 heteroatoms. The molecule has 0 aromatic heterocycles. The maximum absolute atomic E-state index is 5.66. The fraction of sp³-hybridized carbons (Fsp3) is 0.250. The summed E-state index contributed by atoms with van der Waals surface area (Å²) in [6.45, 7) is 4.97. The minimum absolute atomic E-state index is 0.609. The summed E-state index contributed by atoms with van der Waals surface area (Å²) in [5.74, 6) is 1.02. The Hall–Kier alpha value is -1.25. The minimum Gasteiger partial charge on any atom is -0.326 e. The van der Waals surface area contributed by atoms with Gasteiger partial charge in [0.1, 0.15) is 0 Å². The largest absolute Gasteiger partial charge is 0.326 e. The molecular formula is C16H19NS. The van der Waals surface area contributed by atoms with E-state index in [1.807, 2.05) is 11.8 Å². The van der Waals surface area contributed by atoms with Crippen molar-refractivity contribution in [2.75, 3.05) is 0 Å². The monoisotopic (exact) mass is 257 g/mol. The standard InChI is InChI=1S/C16H19NS/c1-12-5-3-6-13(2)16(12)11-18-15-8-4-7-14(9-15)10-17/h3-9H,10-11,17H2,1-2H3. The van der Waals surface area contributed by atoms with Crippen LogP contribution in [0.25, 0.3) is 0 Å². The Bertz CT molecular complexity index is 514. The van der Waals surface area contributed by atoms with E-state index in [9.17, 15) is 0 Å². The molecule has 2 aromatic rings. The third kappa shape index (κ3) is 3.15. The first-order valence-corrected chi connectivity index (χ1v) is 7.16. The summed E-state index contributed by atoms with van der Waals surface area (Å²) in [6.07, 6.45) is 0. The van der Waals surface area contributed by atoms with Crippen LogP contribution in [-0.2, 0) is 12.3 Å². The molecule has 2 N–H and O–H groups in total. The van der Waals surface area contributed by atoms with Crippen LogP contribution in [0.4, 0.5) is 0 Å². The number of rotatable bonds is 4. The minimum atomic E-state index is 0.609. The van der Waals surface area contributed by atoms with Crippen LogP contribution >= 0.6 is 11.8 Å². The summed E-state index contributed by atoms with van der Waals surface area (Å²) in [5.41, 5.74) is 11.1. The van der Waals surface area contributed by atoms with Crippen molar-refractivity contribution in [2.45, 2.75) is 31.0 Å². The zero-order valence-electron chi connectivity index (χ0n) is 10.9. The van der Waals surface area contributed by atoms with Crippen LogP contribution in [0.5, 0.6) is 0 Å². The van der Waals surface area contributed by atoms with Gasteiger partial charge in [-0.1, -0.05) is 30.3 Å². The molecule has 0 saturated carbocycles.